The van der Waals surface area contributed by atoms with E-state index < -0.39 is 24.6 Å². The Morgan fingerprint density at radius 2 is 1.88 bits per heavy atom. The van der Waals surface area contributed by atoms with Gasteiger partial charge in [0.1, 0.15) is 24.4 Å². The van der Waals surface area contributed by atoms with Crippen molar-refractivity contribution in [3.8, 4) is 0 Å². The number of methoxy groups -OCH3 is 1. The van der Waals surface area contributed by atoms with Crippen LogP contribution in [0.3, 0.4) is 0 Å². The molecule has 1 N–H and O–H groups in total. The highest BCUT2D eigenvalue weighted by molar-refractivity contribution is 5.69. The summed E-state index contributed by atoms with van der Waals surface area (Å²) in [6.45, 7) is 0.357. The molecule has 1 aromatic rings. The average molecular weight is 364 g/mol. The first-order valence-electron chi connectivity index (χ1n) is 9.03. The first-order chi connectivity index (χ1) is 12.7. The third kappa shape index (κ3) is 3.50. The van der Waals surface area contributed by atoms with E-state index in [1.165, 1.54) is 7.11 Å². The molecule has 0 amide bonds. The van der Waals surface area contributed by atoms with E-state index in [9.17, 15) is 9.90 Å². The molecule has 3 fully saturated rings. The Bertz CT molecular complexity index is 622. The van der Waals surface area contributed by atoms with Gasteiger partial charge in [-0.05, 0) is 12.8 Å². The zero-order valence-corrected chi connectivity index (χ0v) is 14.7. The molecule has 142 valence electrons. The van der Waals surface area contributed by atoms with Crippen molar-refractivity contribution in [1.29, 1.82) is 0 Å². The quantitative estimate of drug-likeness (QED) is 0.811. The van der Waals surface area contributed by atoms with Crippen LogP contribution in [0.15, 0.2) is 30.3 Å². The fraction of sp³-hybridized carbons (Fsp3) is 0.632. The molecule has 4 rings (SSSR count). The number of hydrogen-bond acceptors (Lipinski definition) is 7. The van der Waals surface area contributed by atoms with Gasteiger partial charge in [0.25, 0.3) is 0 Å². The number of aliphatic hydroxyl groups excluding tert-OH is 1. The monoisotopic (exact) mass is 364 g/mol. The van der Waals surface area contributed by atoms with Gasteiger partial charge in [-0.15, -0.1) is 0 Å². The number of fused-ring (bicyclic) bond motifs is 2. The van der Waals surface area contributed by atoms with E-state index in [1.807, 2.05) is 30.3 Å². The van der Waals surface area contributed by atoms with Crippen LogP contribution in [0.25, 0.3) is 0 Å². The van der Waals surface area contributed by atoms with E-state index in [2.05, 4.69) is 0 Å². The van der Waals surface area contributed by atoms with E-state index >= 15 is 0 Å². The fourth-order valence-electron chi connectivity index (χ4n) is 3.92. The lowest BCUT2D eigenvalue weighted by Crippen LogP contribution is -2.64. The summed E-state index contributed by atoms with van der Waals surface area (Å²) in [6, 6.07) is 9.61. The number of aliphatic hydroxyl groups is 1. The normalized spacial score (nSPS) is 39.5. The number of carbonyl (C=O) groups is 1. The number of carbonyl (C=O) groups excluding carboxylic acids is 1. The second kappa shape index (κ2) is 7.62. The molecule has 7 atom stereocenters. The molecule has 0 radical (unpaired) electrons. The molecule has 0 aliphatic carbocycles. The van der Waals surface area contributed by atoms with Crippen LogP contribution in [0, 0.1) is 0 Å². The number of hydrogen-bond donors (Lipinski definition) is 1. The van der Waals surface area contributed by atoms with Crippen molar-refractivity contribution in [2.75, 3.05) is 13.7 Å². The highest BCUT2D eigenvalue weighted by atomic mass is 16.7. The summed E-state index contributed by atoms with van der Waals surface area (Å²) in [4.78, 5) is 11.5. The van der Waals surface area contributed by atoms with Gasteiger partial charge in [0.05, 0.1) is 32.3 Å². The highest BCUT2D eigenvalue weighted by Gasteiger charge is 2.51. The van der Waals surface area contributed by atoms with Crippen LogP contribution in [0.1, 0.15) is 31.1 Å². The summed E-state index contributed by atoms with van der Waals surface area (Å²) in [7, 11) is 1.36. The molecule has 3 aliphatic rings. The molecule has 7 nitrogen and oxygen atoms in total. The van der Waals surface area contributed by atoms with Gasteiger partial charge in [-0.25, -0.2) is 0 Å². The number of esters is 1. The fourth-order valence-corrected chi connectivity index (χ4v) is 3.92. The minimum absolute atomic E-state index is 0.178. The van der Waals surface area contributed by atoms with Crippen molar-refractivity contribution >= 4 is 5.97 Å². The summed E-state index contributed by atoms with van der Waals surface area (Å²) in [5.74, 6) is -0.316. The zero-order chi connectivity index (χ0) is 18.1. The number of benzene rings is 1. The van der Waals surface area contributed by atoms with Crippen LogP contribution in [-0.4, -0.2) is 61.4 Å². The lowest BCUT2D eigenvalue weighted by atomic mass is 9.88. The first-order valence-corrected chi connectivity index (χ1v) is 9.03. The Morgan fingerprint density at radius 3 is 2.65 bits per heavy atom. The molecular weight excluding hydrogens is 340 g/mol. The van der Waals surface area contributed by atoms with Gasteiger partial charge in [0.15, 0.2) is 6.29 Å². The third-order valence-corrected chi connectivity index (χ3v) is 5.26. The topological polar surface area (TPSA) is 83.5 Å². The smallest absolute Gasteiger partial charge is 0.308 e. The van der Waals surface area contributed by atoms with Gasteiger partial charge in [0, 0.05) is 5.56 Å². The van der Waals surface area contributed by atoms with Crippen LogP contribution in [0.5, 0.6) is 0 Å². The molecule has 0 bridgehead atoms. The molecule has 1 aromatic carbocycles. The van der Waals surface area contributed by atoms with E-state index in [-0.39, 0.29) is 30.7 Å². The highest BCUT2D eigenvalue weighted by Crippen LogP contribution is 2.38. The van der Waals surface area contributed by atoms with Crippen molar-refractivity contribution in [2.24, 2.45) is 0 Å². The predicted octanol–water partition coefficient (Wildman–Crippen LogP) is 1.34. The predicted molar refractivity (Wildman–Crippen MR) is 89.2 cm³/mol. The summed E-state index contributed by atoms with van der Waals surface area (Å²) < 4.78 is 28.6. The van der Waals surface area contributed by atoms with Crippen LogP contribution in [0.4, 0.5) is 0 Å². The molecule has 3 saturated heterocycles. The van der Waals surface area contributed by atoms with Crippen molar-refractivity contribution in [2.45, 2.75) is 62.2 Å². The Labute approximate surface area is 152 Å². The molecule has 26 heavy (non-hydrogen) atoms. The third-order valence-electron chi connectivity index (χ3n) is 5.26. The van der Waals surface area contributed by atoms with Crippen molar-refractivity contribution in [3.05, 3.63) is 35.9 Å². The minimum atomic E-state index is -0.839. The van der Waals surface area contributed by atoms with Gasteiger partial charge in [-0.1, -0.05) is 30.3 Å². The molecule has 2 unspecified atom stereocenters. The van der Waals surface area contributed by atoms with Gasteiger partial charge in [-0.3, -0.25) is 4.79 Å². The molecular formula is C19H24O7. The molecule has 0 spiro atoms. The van der Waals surface area contributed by atoms with E-state index in [0.29, 0.717) is 19.4 Å². The summed E-state index contributed by atoms with van der Waals surface area (Å²) >= 11 is 0. The van der Waals surface area contributed by atoms with Crippen LogP contribution < -0.4 is 0 Å². The zero-order valence-electron chi connectivity index (χ0n) is 14.7. The Kier molecular flexibility index (Phi) is 5.24. The van der Waals surface area contributed by atoms with Crippen LogP contribution in [0.2, 0.25) is 0 Å². The van der Waals surface area contributed by atoms with E-state index in [4.69, 9.17) is 23.7 Å². The maximum atomic E-state index is 11.5. The largest absolute Gasteiger partial charge is 0.469 e. The summed E-state index contributed by atoms with van der Waals surface area (Å²) in [6.07, 6.45) is -1.67. The average Bonchev–Trinajstić information content (AvgIpc) is 2.69. The van der Waals surface area contributed by atoms with Gasteiger partial charge in [0.2, 0.25) is 0 Å². The lowest BCUT2D eigenvalue weighted by molar-refractivity contribution is -0.342. The van der Waals surface area contributed by atoms with Crippen LogP contribution >= 0.6 is 0 Å². The van der Waals surface area contributed by atoms with Crippen molar-refractivity contribution < 1.29 is 33.6 Å². The van der Waals surface area contributed by atoms with E-state index in [0.717, 1.165) is 5.56 Å². The summed E-state index contributed by atoms with van der Waals surface area (Å²) in [5.41, 5.74) is 0.897. The molecule has 0 aromatic heterocycles. The van der Waals surface area contributed by atoms with Gasteiger partial charge >= 0.3 is 5.97 Å². The lowest BCUT2D eigenvalue weighted by Gasteiger charge is -2.50. The second-order valence-corrected chi connectivity index (χ2v) is 6.96. The van der Waals surface area contributed by atoms with E-state index in [1.54, 1.807) is 0 Å². The van der Waals surface area contributed by atoms with Crippen LogP contribution in [-0.2, 0) is 28.5 Å². The Hall–Kier alpha value is -1.51. The molecule has 3 aliphatic heterocycles. The van der Waals surface area contributed by atoms with Crippen molar-refractivity contribution in [3.63, 3.8) is 0 Å². The Balaban J connectivity index is 1.44. The van der Waals surface area contributed by atoms with Gasteiger partial charge < -0.3 is 28.8 Å². The Morgan fingerprint density at radius 1 is 1.12 bits per heavy atom. The van der Waals surface area contributed by atoms with Gasteiger partial charge in [-0.2, -0.15) is 0 Å². The standard InChI is InChI=1S/C19H24O7/c1-22-15(20)9-12-7-8-13-17(24-12)16(21)18-14(25-13)10-23-19(26-18)11-5-3-2-4-6-11/h2-6,12-14,16-19,21H,7-10H2,1H3/t12?,13-,14-,16-,17-,18+,19?/m0/s1. The SMILES string of the molecule is COC(=O)CC1CC[C@@H]2O[C@H]3COC(c4ccccc4)O[C@H]3[C@@H](O)[C@H]2O1. The molecule has 0 saturated carbocycles. The summed E-state index contributed by atoms with van der Waals surface area (Å²) in [5, 5.41) is 10.9. The molecule has 7 heteroatoms. The first kappa shape index (κ1) is 17.9. The maximum Gasteiger partial charge on any atom is 0.308 e. The molecule has 3 heterocycles. The minimum Gasteiger partial charge on any atom is -0.469 e. The number of rotatable bonds is 3. The maximum absolute atomic E-state index is 11.5. The van der Waals surface area contributed by atoms with Crippen molar-refractivity contribution in [1.82, 2.24) is 0 Å². The second-order valence-electron chi connectivity index (χ2n) is 6.96. The number of ether oxygens (including phenoxy) is 5.